The Morgan fingerprint density at radius 2 is 2.00 bits per heavy atom. The smallest absolute Gasteiger partial charge is 0.289 e. The lowest BCUT2D eigenvalue weighted by molar-refractivity contribution is 0.0923. The van der Waals surface area contributed by atoms with Crippen LogP contribution in [-0.4, -0.2) is 24.5 Å². The second-order valence-electron chi connectivity index (χ2n) is 5.46. The molecule has 0 bridgehead atoms. The molecule has 5 heteroatoms. The summed E-state index contributed by atoms with van der Waals surface area (Å²) in [5.41, 5.74) is 1.85. The maximum atomic E-state index is 12.2. The molecule has 0 saturated heterocycles. The molecule has 1 aromatic carbocycles. The van der Waals surface area contributed by atoms with Gasteiger partial charge in [0.2, 0.25) is 5.76 Å². The number of carbonyl (C=O) groups is 1. The highest BCUT2D eigenvalue weighted by Gasteiger charge is 2.20. The maximum Gasteiger partial charge on any atom is 0.289 e. The molecule has 0 unspecified atom stereocenters. The molecule has 1 N–H and O–H groups in total. The first kappa shape index (κ1) is 16.1. The van der Waals surface area contributed by atoms with E-state index in [1.54, 1.807) is 14.0 Å². The average molecular weight is 302 g/mol. The molecule has 2 aromatic rings. The van der Waals surface area contributed by atoms with Crippen molar-refractivity contribution in [2.75, 3.05) is 13.7 Å². The molecular weight excluding hydrogens is 280 g/mol. The average Bonchev–Trinajstić information content (AvgIpc) is 2.90. The number of aryl methyl sites for hydroxylation is 1. The largest absolute Gasteiger partial charge is 0.497 e. The van der Waals surface area contributed by atoms with Crippen LogP contribution in [0.1, 0.15) is 47.5 Å². The number of carbonyl (C=O) groups excluding carboxylic acids is 1. The van der Waals surface area contributed by atoms with Crippen molar-refractivity contribution in [3.63, 3.8) is 0 Å². The monoisotopic (exact) mass is 302 g/mol. The number of benzene rings is 1. The fraction of sp³-hybridized carbons (Fsp3) is 0.412. The van der Waals surface area contributed by atoms with E-state index >= 15 is 0 Å². The van der Waals surface area contributed by atoms with Crippen LogP contribution in [0.2, 0.25) is 0 Å². The van der Waals surface area contributed by atoms with Crippen molar-refractivity contribution in [1.82, 2.24) is 10.3 Å². The number of aromatic nitrogens is 1. The van der Waals surface area contributed by atoms with Crippen molar-refractivity contribution in [1.29, 1.82) is 0 Å². The first-order valence-electron chi connectivity index (χ1n) is 7.39. The van der Waals surface area contributed by atoms with Gasteiger partial charge >= 0.3 is 0 Å². The number of hydrogen-bond donors (Lipinski definition) is 1. The molecule has 2 rings (SSSR count). The molecule has 1 amide bonds. The number of nitrogens with one attached hydrogen (secondary N) is 1. The zero-order chi connectivity index (χ0) is 16.1. The quantitative estimate of drug-likeness (QED) is 0.890. The molecule has 1 aromatic heterocycles. The molecule has 0 aliphatic heterocycles. The van der Waals surface area contributed by atoms with Gasteiger partial charge in [-0.3, -0.25) is 4.79 Å². The molecule has 1 heterocycles. The number of amides is 1. The summed E-state index contributed by atoms with van der Waals surface area (Å²) in [4.78, 5) is 16.5. The minimum atomic E-state index is -0.210. The van der Waals surface area contributed by atoms with Crippen LogP contribution in [0, 0.1) is 6.92 Å². The summed E-state index contributed by atoms with van der Waals surface area (Å²) in [7, 11) is 1.64. The number of ether oxygens (including phenoxy) is 1. The van der Waals surface area contributed by atoms with Crippen LogP contribution >= 0.6 is 0 Å². The molecule has 0 spiro atoms. The third-order valence-electron chi connectivity index (χ3n) is 3.37. The van der Waals surface area contributed by atoms with Crippen LogP contribution in [0.15, 0.2) is 28.7 Å². The third-order valence-corrected chi connectivity index (χ3v) is 3.37. The van der Waals surface area contributed by atoms with E-state index in [9.17, 15) is 4.79 Å². The molecule has 22 heavy (non-hydrogen) atoms. The SMILES string of the molecule is COc1ccc(CCNC(=O)c2oc(C)nc2C(C)C)cc1. The number of methoxy groups -OCH3 is 1. The van der Waals surface area contributed by atoms with E-state index in [0.29, 0.717) is 23.9 Å². The predicted molar refractivity (Wildman–Crippen MR) is 84.4 cm³/mol. The van der Waals surface area contributed by atoms with Gasteiger partial charge in [0.05, 0.1) is 12.8 Å². The van der Waals surface area contributed by atoms with Crippen LogP contribution in [0.25, 0.3) is 0 Å². The van der Waals surface area contributed by atoms with Crippen molar-refractivity contribution < 1.29 is 13.9 Å². The van der Waals surface area contributed by atoms with Crippen LogP contribution in [0.3, 0.4) is 0 Å². The second kappa shape index (κ2) is 7.11. The minimum absolute atomic E-state index is 0.153. The second-order valence-corrected chi connectivity index (χ2v) is 5.46. The van der Waals surface area contributed by atoms with Gasteiger partial charge < -0.3 is 14.5 Å². The van der Waals surface area contributed by atoms with Crippen molar-refractivity contribution >= 4 is 5.91 Å². The van der Waals surface area contributed by atoms with Crippen LogP contribution in [-0.2, 0) is 6.42 Å². The number of hydrogen-bond acceptors (Lipinski definition) is 4. The van der Waals surface area contributed by atoms with E-state index in [4.69, 9.17) is 9.15 Å². The molecule has 118 valence electrons. The maximum absolute atomic E-state index is 12.2. The molecule has 0 radical (unpaired) electrons. The summed E-state index contributed by atoms with van der Waals surface area (Å²) in [5, 5.41) is 2.88. The Bertz CT molecular complexity index is 630. The topological polar surface area (TPSA) is 64.4 Å². The zero-order valence-corrected chi connectivity index (χ0v) is 13.5. The van der Waals surface area contributed by atoms with Gasteiger partial charge in [0, 0.05) is 13.5 Å². The lowest BCUT2D eigenvalue weighted by Gasteiger charge is -2.06. The summed E-state index contributed by atoms with van der Waals surface area (Å²) < 4.78 is 10.5. The van der Waals surface area contributed by atoms with Gasteiger partial charge in [-0.1, -0.05) is 26.0 Å². The fourth-order valence-electron chi connectivity index (χ4n) is 2.19. The Balaban J connectivity index is 1.92. The van der Waals surface area contributed by atoms with Gasteiger partial charge in [0.15, 0.2) is 5.89 Å². The number of oxazole rings is 1. The summed E-state index contributed by atoms with van der Waals surface area (Å²) in [6.45, 7) is 6.28. The molecule has 0 fully saturated rings. The molecular formula is C17H22N2O3. The summed E-state index contributed by atoms with van der Waals surface area (Å²) in [6, 6.07) is 7.80. The van der Waals surface area contributed by atoms with Gasteiger partial charge in [0.1, 0.15) is 5.75 Å². The molecule has 0 atom stereocenters. The van der Waals surface area contributed by atoms with Gasteiger partial charge in [-0.05, 0) is 30.0 Å². The van der Waals surface area contributed by atoms with Crippen LogP contribution in [0.5, 0.6) is 5.75 Å². The third kappa shape index (κ3) is 3.87. The fourth-order valence-corrected chi connectivity index (χ4v) is 2.19. The molecule has 0 aliphatic rings. The number of nitrogens with zero attached hydrogens (tertiary/aromatic N) is 1. The minimum Gasteiger partial charge on any atom is -0.497 e. The van der Waals surface area contributed by atoms with E-state index in [1.807, 2.05) is 38.1 Å². The molecule has 0 saturated carbocycles. The van der Waals surface area contributed by atoms with Gasteiger partial charge in [-0.2, -0.15) is 0 Å². The summed E-state index contributed by atoms with van der Waals surface area (Å²) >= 11 is 0. The highest BCUT2D eigenvalue weighted by atomic mass is 16.5. The lowest BCUT2D eigenvalue weighted by Crippen LogP contribution is -2.26. The summed E-state index contributed by atoms with van der Waals surface area (Å²) in [5.74, 6) is 1.61. The standard InChI is InChI=1S/C17H22N2O3/c1-11(2)15-16(22-12(3)19-15)17(20)18-10-9-13-5-7-14(21-4)8-6-13/h5-8,11H,9-10H2,1-4H3,(H,18,20). The van der Waals surface area contributed by atoms with Crippen molar-refractivity contribution in [3.8, 4) is 5.75 Å². The predicted octanol–water partition coefficient (Wildman–Crippen LogP) is 3.09. The van der Waals surface area contributed by atoms with Gasteiger partial charge in [0.25, 0.3) is 5.91 Å². The molecule has 5 nitrogen and oxygen atoms in total. The highest BCUT2D eigenvalue weighted by molar-refractivity contribution is 5.92. The zero-order valence-electron chi connectivity index (χ0n) is 13.5. The van der Waals surface area contributed by atoms with E-state index in [2.05, 4.69) is 10.3 Å². The normalized spacial score (nSPS) is 10.8. The lowest BCUT2D eigenvalue weighted by atomic mass is 10.1. The first-order valence-corrected chi connectivity index (χ1v) is 7.39. The van der Waals surface area contributed by atoms with Crippen molar-refractivity contribution in [2.45, 2.75) is 33.1 Å². The van der Waals surface area contributed by atoms with Gasteiger partial charge in [-0.25, -0.2) is 4.98 Å². The van der Waals surface area contributed by atoms with E-state index in [-0.39, 0.29) is 11.8 Å². The van der Waals surface area contributed by atoms with Crippen LogP contribution in [0.4, 0.5) is 0 Å². The Morgan fingerprint density at radius 3 is 2.59 bits per heavy atom. The summed E-state index contributed by atoms with van der Waals surface area (Å²) in [6.07, 6.45) is 0.750. The Kier molecular flexibility index (Phi) is 5.20. The van der Waals surface area contributed by atoms with Crippen molar-refractivity contribution in [2.24, 2.45) is 0 Å². The van der Waals surface area contributed by atoms with Crippen molar-refractivity contribution in [3.05, 3.63) is 47.2 Å². The highest BCUT2D eigenvalue weighted by Crippen LogP contribution is 2.19. The van der Waals surface area contributed by atoms with E-state index < -0.39 is 0 Å². The Hall–Kier alpha value is -2.30. The first-order chi connectivity index (χ1) is 10.5. The van der Waals surface area contributed by atoms with Gasteiger partial charge in [-0.15, -0.1) is 0 Å². The molecule has 0 aliphatic carbocycles. The number of rotatable bonds is 6. The Labute approximate surface area is 130 Å². The van der Waals surface area contributed by atoms with Crippen LogP contribution < -0.4 is 10.1 Å². The van der Waals surface area contributed by atoms with E-state index in [0.717, 1.165) is 17.7 Å². The Morgan fingerprint density at radius 1 is 1.32 bits per heavy atom. The van der Waals surface area contributed by atoms with E-state index in [1.165, 1.54) is 0 Å².